The summed E-state index contributed by atoms with van der Waals surface area (Å²) in [5, 5.41) is 6.35. The Morgan fingerprint density at radius 1 is 1.22 bits per heavy atom. The first kappa shape index (κ1) is 24.0. The van der Waals surface area contributed by atoms with E-state index in [4.69, 9.17) is 5.73 Å². The number of aryl methyl sites for hydroxylation is 1. The number of nitrogens with two attached hydrogens (primary N) is 1. The summed E-state index contributed by atoms with van der Waals surface area (Å²) in [4.78, 5) is 5.31. The van der Waals surface area contributed by atoms with Gasteiger partial charge < -0.3 is 20.9 Å². The van der Waals surface area contributed by atoms with Gasteiger partial charge in [0, 0.05) is 17.7 Å². The molecule has 1 heterocycles. The van der Waals surface area contributed by atoms with E-state index in [9.17, 15) is 13.0 Å². The van der Waals surface area contributed by atoms with Crippen LogP contribution in [0.2, 0.25) is 0 Å². The van der Waals surface area contributed by atoms with E-state index in [1.807, 2.05) is 12.1 Å². The lowest BCUT2D eigenvalue weighted by Gasteiger charge is -2.22. The average molecular weight is 476 g/mol. The van der Waals surface area contributed by atoms with Gasteiger partial charge >= 0.3 is 0 Å². The van der Waals surface area contributed by atoms with Crippen molar-refractivity contribution in [2.45, 2.75) is 36.1 Å². The minimum absolute atomic E-state index is 0.151. The molecule has 32 heavy (non-hydrogen) atoms. The van der Waals surface area contributed by atoms with Gasteiger partial charge in [-0.15, -0.1) is 0 Å². The predicted molar refractivity (Wildman–Crippen MR) is 129 cm³/mol. The molecule has 0 amide bonds. The van der Waals surface area contributed by atoms with Crippen LogP contribution in [0.25, 0.3) is 0 Å². The third-order valence-corrected chi connectivity index (χ3v) is 7.41. The second-order valence-corrected chi connectivity index (χ2v) is 10.9. The zero-order chi connectivity index (χ0) is 23.3. The lowest BCUT2D eigenvalue weighted by molar-refractivity contribution is 0.601. The van der Waals surface area contributed by atoms with Gasteiger partial charge in [0.2, 0.25) is 0 Å². The van der Waals surface area contributed by atoms with Gasteiger partial charge in [-0.1, -0.05) is 18.2 Å². The van der Waals surface area contributed by atoms with E-state index in [0.717, 1.165) is 17.6 Å². The Morgan fingerprint density at radius 2 is 1.94 bits per heavy atom. The van der Waals surface area contributed by atoms with Crippen molar-refractivity contribution in [1.29, 1.82) is 0 Å². The fourth-order valence-electron chi connectivity index (χ4n) is 3.25. The third kappa shape index (κ3) is 6.18. The summed E-state index contributed by atoms with van der Waals surface area (Å²) < 4.78 is 37.6. The van der Waals surface area contributed by atoms with Crippen LogP contribution in [-0.2, 0) is 20.8 Å². The van der Waals surface area contributed by atoms with Gasteiger partial charge in [-0.25, -0.2) is 17.8 Å². The molecule has 0 aliphatic carbocycles. The summed E-state index contributed by atoms with van der Waals surface area (Å²) >= 11 is 0. The molecule has 2 aromatic carbocycles. The molecular formula is C22H29N5O3S2. The van der Waals surface area contributed by atoms with Crippen LogP contribution in [0.1, 0.15) is 29.2 Å². The summed E-state index contributed by atoms with van der Waals surface area (Å²) in [6.07, 6.45) is 3.86. The quantitative estimate of drug-likeness (QED) is 0.435. The highest BCUT2D eigenvalue weighted by molar-refractivity contribution is 7.90. The molecule has 0 spiro atoms. The molecule has 0 radical (unpaired) electrons. The number of hydrogen-bond donors (Lipinski definition) is 4. The molecule has 10 heteroatoms. The molecule has 5 N–H and O–H groups in total. The highest BCUT2D eigenvalue weighted by Gasteiger charge is 2.17. The fraction of sp³-hybridized carbons (Fsp3) is 0.318. The van der Waals surface area contributed by atoms with Crippen LogP contribution in [0.3, 0.4) is 0 Å². The molecular weight excluding hydrogens is 446 g/mol. The number of rotatable bonds is 8. The Hall–Kier alpha value is -2.69. The van der Waals surface area contributed by atoms with E-state index < -0.39 is 20.8 Å². The molecule has 0 saturated carbocycles. The van der Waals surface area contributed by atoms with E-state index in [1.54, 1.807) is 12.1 Å². The summed E-state index contributed by atoms with van der Waals surface area (Å²) in [5.74, 6) is 1.16. The van der Waals surface area contributed by atoms with E-state index in [0.29, 0.717) is 30.4 Å². The van der Waals surface area contributed by atoms with Crippen LogP contribution in [0.5, 0.6) is 0 Å². The number of benzene rings is 2. The van der Waals surface area contributed by atoms with Crippen molar-refractivity contribution < 1.29 is 13.0 Å². The number of hydrogen-bond acceptors (Lipinski definition) is 7. The second-order valence-electron chi connectivity index (χ2n) is 7.59. The normalized spacial score (nSPS) is 17.3. The summed E-state index contributed by atoms with van der Waals surface area (Å²) in [5.41, 5.74) is 9.51. The lowest BCUT2D eigenvalue weighted by atomic mass is 9.97. The molecule has 172 valence electrons. The van der Waals surface area contributed by atoms with E-state index in [2.05, 4.69) is 46.0 Å². The highest BCUT2D eigenvalue weighted by atomic mass is 32.2. The molecule has 8 nitrogen and oxygen atoms in total. The molecule has 1 aliphatic rings. The summed E-state index contributed by atoms with van der Waals surface area (Å²) in [6, 6.07) is 12.2. The zero-order valence-electron chi connectivity index (χ0n) is 18.4. The first-order valence-corrected chi connectivity index (χ1v) is 13.2. The monoisotopic (exact) mass is 475 g/mol. The number of sulfone groups is 1. The number of nitrogens with one attached hydrogen (secondary N) is 2. The Morgan fingerprint density at radius 3 is 2.62 bits per heavy atom. The number of guanidine groups is 1. The van der Waals surface area contributed by atoms with Gasteiger partial charge in [0.1, 0.15) is 11.9 Å². The molecule has 0 fully saturated rings. The Bertz CT molecular complexity index is 1170. The SMILES string of the molecule is Cc1cccc(C2C=C(NCCCN=S(O)c3ccc(S(C)(=O)=O)cc3)NC(N)=N2)c1C. The maximum atomic E-state index is 11.5. The van der Waals surface area contributed by atoms with E-state index >= 15 is 0 Å². The molecule has 2 atom stereocenters. The van der Waals surface area contributed by atoms with Gasteiger partial charge in [0.25, 0.3) is 0 Å². The number of nitrogens with zero attached hydrogens (tertiary/aromatic N) is 2. The maximum Gasteiger partial charge on any atom is 0.195 e. The summed E-state index contributed by atoms with van der Waals surface area (Å²) in [6.45, 7) is 5.26. The molecule has 2 aromatic rings. The smallest absolute Gasteiger partial charge is 0.195 e. The highest BCUT2D eigenvalue weighted by Crippen LogP contribution is 2.26. The molecule has 3 rings (SSSR count). The predicted octanol–water partition coefficient (Wildman–Crippen LogP) is 2.82. The van der Waals surface area contributed by atoms with Crippen molar-refractivity contribution in [2.24, 2.45) is 15.1 Å². The van der Waals surface area contributed by atoms with Crippen LogP contribution in [0.4, 0.5) is 0 Å². The third-order valence-electron chi connectivity index (χ3n) is 5.16. The van der Waals surface area contributed by atoms with Gasteiger partial charge in [0.15, 0.2) is 15.8 Å². The van der Waals surface area contributed by atoms with Crippen LogP contribution in [0, 0.1) is 13.8 Å². The second kappa shape index (κ2) is 10.3. The van der Waals surface area contributed by atoms with E-state index in [1.165, 1.54) is 23.3 Å². The molecule has 0 bridgehead atoms. The first-order valence-electron chi connectivity index (χ1n) is 10.2. The molecule has 0 saturated heterocycles. The topological polar surface area (TPSA) is 129 Å². The molecule has 2 unspecified atom stereocenters. The van der Waals surface area contributed by atoms with Gasteiger partial charge in [-0.05, 0) is 67.3 Å². The van der Waals surface area contributed by atoms with Crippen molar-refractivity contribution >= 4 is 26.8 Å². The van der Waals surface area contributed by atoms with Crippen LogP contribution >= 0.6 is 0 Å². The van der Waals surface area contributed by atoms with Crippen molar-refractivity contribution in [3.8, 4) is 0 Å². The maximum absolute atomic E-state index is 11.5. The molecule has 0 aromatic heterocycles. The lowest BCUT2D eigenvalue weighted by Crippen LogP contribution is -2.40. The van der Waals surface area contributed by atoms with Gasteiger partial charge in [-0.2, -0.15) is 0 Å². The number of aliphatic imine (C=N–C) groups is 1. The average Bonchev–Trinajstić information content (AvgIpc) is 2.74. The van der Waals surface area contributed by atoms with Gasteiger partial charge in [-0.3, -0.25) is 0 Å². The largest absolute Gasteiger partial charge is 0.372 e. The first-order chi connectivity index (χ1) is 15.1. The van der Waals surface area contributed by atoms with Gasteiger partial charge in [0.05, 0.1) is 22.4 Å². The van der Waals surface area contributed by atoms with Crippen molar-refractivity contribution in [3.63, 3.8) is 0 Å². The van der Waals surface area contributed by atoms with Crippen molar-refractivity contribution in [1.82, 2.24) is 10.6 Å². The Kier molecular flexibility index (Phi) is 7.70. The minimum Gasteiger partial charge on any atom is -0.372 e. The fourth-order valence-corrected chi connectivity index (χ4v) is 4.71. The van der Waals surface area contributed by atoms with Crippen LogP contribution in [0.15, 0.2) is 73.5 Å². The van der Waals surface area contributed by atoms with Crippen LogP contribution < -0.4 is 16.4 Å². The van der Waals surface area contributed by atoms with Crippen molar-refractivity contribution in [3.05, 3.63) is 71.1 Å². The Balaban J connectivity index is 1.54. The minimum atomic E-state index is -3.26. The summed E-state index contributed by atoms with van der Waals surface area (Å²) in [7, 11) is -4.54. The zero-order valence-corrected chi connectivity index (χ0v) is 20.0. The molecule has 1 aliphatic heterocycles. The standard InChI is InChI=1S/C22H29N5O3S2/c1-15-6-4-7-19(16(15)2)20-14-21(27-22(23)26-20)24-12-5-13-25-31(28)17-8-10-18(11-9-17)32(3,29)30/h4,6-11,14,20,24H,5,12-13H2,1-3H3,(H,25,28)(H3,23,26,27). The van der Waals surface area contributed by atoms with Crippen molar-refractivity contribution in [2.75, 3.05) is 19.3 Å². The van der Waals surface area contributed by atoms with Crippen LogP contribution in [-0.4, -0.2) is 38.3 Å². The van der Waals surface area contributed by atoms with E-state index in [-0.39, 0.29) is 10.9 Å². The Labute approximate surface area is 191 Å².